The van der Waals surface area contributed by atoms with Gasteiger partial charge in [-0.1, -0.05) is 12.1 Å². The van der Waals surface area contributed by atoms with Gasteiger partial charge in [0.1, 0.15) is 5.52 Å². The number of rotatable bonds is 4. The van der Waals surface area contributed by atoms with Crippen LogP contribution >= 0.6 is 11.6 Å². The van der Waals surface area contributed by atoms with Crippen LogP contribution in [0.4, 0.5) is 5.69 Å². The number of hydrogen-bond acceptors (Lipinski definition) is 3. The molecule has 5 nitrogen and oxygen atoms in total. The maximum Gasteiger partial charge on any atom is 0.293 e. The summed E-state index contributed by atoms with van der Waals surface area (Å²) in [5.41, 5.74) is 0.784. The zero-order valence-electron chi connectivity index (χ0n) is 8.77. The summed E-state index contributed by atoms with van der Waals surface area (Å²) in [7, 11) is 0. The quantitative estimate of drug-likeness (QED) is 0.393. The average molecular weight is 253 g/mol. The number of H-pyrrole nitrogens is 1. The van der Waals surface area contributed by atoms with Gasteiger partial charge in [0.05, 0.1) is 4.92 Å². The molecule has 1 aromatic carbocycles. The third-order valence-electron chi connectivity index (χ3n) is 2.51. The fourth-order valence-corrected chi connectivity index (χ4v) is 1.91. The smallest absolute Gasteiger partial charge is 0.293 e. The number of benzene rings is 1. The fraction of sp³-hybridized carbons (Fsp3) is 0.182. The number of carbonyl (C=O) groups is 1. The summed E-state index contributed by atoms with van der Waals surface area (Å²) in [5.74, 6) is 0.118. The van der Waals surface area contributed by atoms with E-state index in [1.807, 2.05) is 0 Å². The number of nitrogens with one attached hydrogen (secondary N) is 1. The Kier molecular flexibility index (Phi) is 3.10. The third kappa shape index (κ3) is 2.01. The van der Waals surface area contributed by atoms with Crippen LogP contribution in [-0.2, 0) is 0 Å². The first kappa shape index (κ1) is 11.6. The summed E-state index contributed by atoms with van der Waals surface area (Å²) >= 11 is 5.51. The van der Waals surface area contributed by atoms with Crippen LogP contribution in [0.25, 0.3) is 10.9 Å². The molecule has 2 rings (SSSR count). The minimum atomic E-state index is -0.478. The summed E-state index contributed by atoms with van der Waals surface area (Å²) in [5, 5.41) is 11.4. The van der Waals surface area contributed by atoms with Gasteiger partial charge in [0.2, 0.25) is 0 Å². The van der Waals surface area contributed by atoms with Crippen LogP contribution in [0, 0.1) is 10.1 Å². The van der Waals surface area contributed by atoms with Gasteiger partial charge in [-0.3, -0.25) is 14.9 Å². The summed E-state index contributed by atoms with van der Waals surface area (Å²) in [4.78, 5) is 24.8. The molecule has 0 unspecified atom stereocenters. The first-order valence-corrected chi connectivity index (χ1v) is 5.52. The van der Waals surface area contributed by atoms with Gasteiger partial charge in [-0.15, -0.1) is 11.6 Å². The minimum absolute atomic E-state index is 0.0348. The van der Waals surface area contributed by atoms with E-state index < -0.39 is 4.92 Å². The number of ketones is 1. The van der Waals surface area contributed by atoms with E-state index >= 15 is 0 Å². The van der Waals surface area contributed by atoms with Crippen LogP contribution in [0.1, 0.15) is 16.8 Å². The van der Waals surface area contributed by atoms with Gasteiger partial charge >= 0.3 is 0 Å². The Morgan fingerprint density at radius 3 is 2.88 bits per heavy atom. The Bertz CT molecular complexity index is 591. The third-order valence-corrected chi connectivity index (χ3v) is 2.70. The first-order valence-electron chi connectivity index (χ1n) is 4.99. The largest absolute Gasteiger partial charge is 0.355 e. The Morgan fingerprint density at radius 2 is 2.24 bits per heavy atom. The highest BCUT2D eigenvalue weighted by Gasteiger charge is 2.17. The number of aromatic nitrogens is 1. The normalized spacial score (nSPS) is 10.6. The van der Waals surface area contributed by atoms with Gasteiger partial charge in [0.15, 0.2) is 5.78 Å². The van der Waals surface area contributed by atoms with E-state index in [9.17, 15) is 14.9 Å². The van der Waals surface area contributed by atoms with Crippen molar-refractivity contribution in [3.05, 3.63) is 40.1 Å². The highest BCUT2D eigenvalue weighted by Crippen LogP contribution is 2.27. The van der Waals surface area contributed by atoms with E-state index in [0.717, 1.165) is 0 Å². The van der Waals surface area contributed by atoms with Crippen molar-refractivity contribution >= 4 is 34.0 Å². The Balaban J connectivity index is 2.58. The van der Waals surface area contributed by atoms with Crippen LogP contribution in [0.3, 0.4) is 0 Å². The lowest BCUT2D eigenvalue weighted by Crippen LogP contribution is -1.98. The van der Waals surface area contributed by atoms with Crippen LogP contribution in [-0.4, -0.2) is 21.6 Å². The van der Waals surface area contributed by atoms with Crippen molar-refractivity contribution in [2.24, 2.45) is 0 Å². The van der Waals surface area contributed by atoms with E-state index in [4.69, 9.17) is 11.6 Å². The topological polar surface area (TPSA) is 76.0 Å². The maximum atomic E-state index is 11.7. The monoisotopic (exact) mass is 252 g/mol. The highest BCUT2D eigenvalue weighted by molar-refractivity contribution is 6.20. The summed E-state index contributed by atoms with van der Waals surface area (Å²) in [6.45, 7) is 0. The number of para-hydroxylation sites is 1. The molecule has 0 radical (unpaired) electrons. The molecule has 88 valence electrons. The lowest BCUT2D eigenvalue weighted by Gasteiger charge is -1.96. The molecule has 0 saturated heterocycles. The fourth-order valence-electron chi connectivity index (χ4n) is 1.74. The lowest BCUT2D eigenvalue weighted by molar-refractivity contribution is -0.383. The minimum Gasteiger partial charge on any atom is -0.355 e. The van der Waals surface area contributed by atoms with E-state index in [2.05, 4.69) is 4.98 Å². The summed E-state index contributed by atoms with van der Waals surface area (Å²) < 4.78 is 0. The van der Waals surface area contributed by atoms with Crippen molar-refractivity contribution in [3.8, 4) is 0 Å². The molecule has 1 heterocycles. The van der Waals surface area contributed by atoms with Gasteiger partial charge in [-0.25, -0.2) is 0 Å². The predicted octanol–water partition coefficient (Wildman–Crippen LogP) is 2.89. The molecule has 1 aromatic heterocycles. The van der Waals surface area contributed by atoms with Crippen molar-refractivity contribution < 1.29 is 9.72 Å². The van der Waals surface area contributed by atoms with E-state index in [1.165, 1.54) is 12.3 Å². The Morgan fingerprint density at radius 1 is 1.47 bits per heavy atom. The van der Waals surface area contributed by atoms with Gasteiger partial charge in [0, 0.05) is 35.5 Å². The standard InChI is InChI=1S/C11H9ClN2O3/c12-5-4-10(15)8-6-13-11-7(8)2-1-3-9(11)14(16)17/h1-3,6,13H,4-5H2. The number of alkyl halides is 1. The highest BCUT2D eigenvalue weighted by atomic mass is 35.5. The second kappa shape index (κ2) is 4.55. The maximum absolute atomic E-state index is 11.7. The molecular formula is C11H9ClN2O3. The summed E-state index contributed by atoms with van der Waals surface area (Å²) in [6, 6.07) is 4.64. The molecule has 0 fully saturated rings. The SMILES string of the molecule is O=C(CCCl)c1c[nH]c2c([N+](=O)[O-])cccc12. The predicted molar refractivity (Wildman–Crippen MR) is 64.6 cm³/mol. The number of carbonyl (C=O) groups excluding carboxylic acids is 1. The second-order valence-corrected chi connectivity index (χ2v) is 3.90. The number of aromatic amines is 1. The number of halogens is 1. The molecular weight excluding hydrogens is 244 g/mol. The number of nitro groups is 1. The molecule has 0 spiro atoms. The molecule has 0 bridgehead atoms. The number of non-ortho nitro benzene ring substituents is 1. The van der Waals surface area contributed by atoms with Crippen LogP contribution in [0.5, 0.6) is 0 Å². The Hall–Kier alpha value is -1.88. The van der Waals surface area contributed by atoms with Gasteiger partial charge < -0.3 is 4.98 Å². The van der Waals surface area contributed by atoms with E-state index in [-0.39, 0.29) is 23.8 Å². The number of nitro benzene ring substituents is 1. The van der Waals surface area contributed by atoms with Gasteiger partial charge in [-0.05, 0) is 0 Å². The zero-order valence-corrected chi connectivity index (χ0v) is 9.53. The molecule has 0 aliphatic carbocycles. The number of nitrogens with zero attached hydrogens (tertiary/aromatic N) is 1. The van der Waals surface area contributed by atoms with Crippen LogP contribution < -0.4 is 0 Å². The summed E-state index contributed by atoms with van der Waals surface area (Å²) in [6.07, 6.45) is 1.71. The zero-order chi connectivity index (χ0) is 12.4. The average Bonchev–Trinajstić information content (AvgIpc) is 2.72. The van der Waals surface area contributed by atoms with Crippen LogP contribution in [0.2, 0.25) is 0 Å². The van der Waals surface area contributed by atoms with Crippen molar-refractivity contribution in [3.63, 3.8) is 0 Å². The molecule has 0 amide bonds. The molecule has 0 saturated carbocycles. The number of fused-ring (bicyclic) bond motifs is 1. The van der Waals surface area contributed by atoms with E-state index in [1.54, 1.807) is 12.1 Å². The molecule has 6 heteroatoms. The molecule has 0 atom stereocenters. The van der Waals surface area contributed by atoms with Gasteiger partial charge in [0.25, 0.3) is 5.69 Å². The van der Waals surface area contributed by atoms with E-state index in [0.29, 0.717) is 16.5 Å². The number of Topliss-reactive ketones (excluding diaryl/α,β-unsaturated/α-hetero) is 1. The molecule has 17 heavy (non-hydrogen) atoms. The van der Waals surface area contributed by atoms with Crippen molar-refractivity contribution in [1.82, 2.24) is 4.98 Å². The second-order valence-electron chi connectivity index (χ2n) is 3.52. The molecule has 2 aromatic rings. The van der Waals surface area contributed by atoms with Crippen molar-refractivity contribution in [2.45, 2.75) is 6.42 Å². The number of hydrogen-bond donors (Lipinski definition) is 1. The van der Waals surface area contributed by atoms with Crippen LogP contribution in [0.15, 0.2) is 24.4 Å². The molecule has 1 N–H and O–H groups in total. The lowest BCUT2D eigenvalue weighted by atomic mass is 10.1. The van der Waals surface area contributed by atoms with Crippen molar-refractivity contribution in [2.75, 3.05) is 5.88 Å². The first-order chi connectivity index (χ1) is 8.15. The van der Waals surface area contributed by atoms with Gasteiger partial charge in [-0.2, -0.15) is 0 Å². The molecule has 0 aliphatic heterocycles. The molecule has 0 aliphatic rings. The van der Waals surface area contributed by atoms with Crippen molar-refractivity contribution in [1.29, 1.82) is 0 Å². The Labute approximate surface area is 102 Å².